The van der Waals surface area contributed by atoms with Crippen LogP contribution in [0, 0.1) is 13.8 Å². The molecule has 1 aromatic rings. The van der Waals surface area contributed by atoms with Gasteiger partial charge in [0.25, 0.3) is 5.91 Å². The van der Waals surface area contributed by atoms with Gasteiger partial charge in [-0.1, -0.05) is 12.1 Å². The highest BCUT2D eigenvalue weighted by Gasteiger charge is 2.27. The summed E-state index contributed by atoms with van der Waals surface area (Å²) in [6, 6.07) is 4.00. The molecular formula is C15H23NO3. The van der Waals surface area contributed by atoms with Gasteiger partial charge >= 0.3 is 0 Å². The lowest BCUT2D eigenvalue weighted by Crippen LogP contribution is -2.42. The fourth-order valence-corrected chi connectivity index (χ4v) is 2.27. The number of amides is 1. The molecule has 0 atom stereocenters. The van der Waals surface area contributed by atoms with Crippen molar-refractivity contribution >= 4 is 5.91 Å². The van der Waals surface area contributed by atoms with Crippen LogP contribution in [0.2, 0.25) is 0 Å². The van der Waals surface area contributed by atoms with Gasteiger partial charge in [0.15, 0.2) is 0 Å². The lowest BCUT2D eigenvalue weighted by atomic mass is 10.0. The minimum Gasteiger partial charge on any atom is -0.496 e. The van der Waals surface area contributed by atoms with Gasteiger partial charge in [-0.25, -0.2) is 0 Å². The van der Waals surface area contributed by atoms with E-state index >= 15 is 0 Å². The molecule has 0 radical (unpaired) electrons. The second kappa shape index (κ2) is 5.61. The summed E-state index contributed by atoms with van der Waals surface area (Å²) in [6.07, 6.45) is 0. The topological polar surface area (TPSA) is 49.8 Å². The molecule has 0 aliphatic carbocycles. The van der Waals surface area contributed by atoms with Crippen LogP contribution in [-0.2, 0) is 11.3 Å². The molecule has 0 saturated heterocycles. The quantitative estimate of drug-likeness (QED) is 0.906. The van der Waals surface area contributed by atoms with Gasteiger partial charge in [0.05, 0.1) is 7.11 Å². The van der Waals surface area contributed by atoms with Crippen LogP contribution in [0.4, 0.5) is 0 Å². The van der Waals surface area contributed by atoms with Crippen molar-refractivity contribution in [1.82, 2.24) is 4.90 Å². The van der Waals surface area contributed by atoms with Crippen LogP contribution in [0.25, 0.3) is 0 Å². The van der Waals surface area contributed by atoms with Crippen molar-refractivity contribution in [1.29, 1.82) is 0 Å². The van der Waals surface area contributed by atoms with E-state index in [-0.39, 0.29) is 5.91 Å². The molecule has 0 unspecified atom stereocenters. The average Bonchev–Trinajstić information content (AvgIpc) is 2.26. The highest BCUT2D eigenvalue weighted by molar-refractivity contribution is 5.83. The highest BCUT2D eigenvalue weighted by Crippen LogP contribution is 2.25. The number of nitrogens with zero attached hydrogens (tertiary/aromatic N) is 1. The molecule has 0 fully saturated rings. The monoisotopic (exact) mass is 265 g/mol. The Hall–Kier alpha value is -1.55. The SMILES string of the molecule is COc1c(C)cc(CN(C)C(=O)C(C)(C)O)cc1C. The number of aliphatic hydroxyl groups is 1. The molecule has 0 aromatic heterocycles. The van der Waals surface area contributed by atoms with Crippen LogP contribution < -0.4 is 4.74 Å². The molecule has 0 saturated carbocycles. The highest BCUT2D eigenvalue weighted by atomic mass is 16.5. The number of carbonyl (C=O) groups is 1. The van der Waals surface area contributed by atoms with Crippen LogP contribution >= 0.6 is 0 Å². The van der Waals surface area contributed by atoms with Crippen molar-refractivity contribution in [2.45, 2.75) is 39.8 Å². The lowest BCUT2D eigenvalue weighted by Gasteiger charge is -2.25. The van der Waals surface area contributed by atoms with Crippen LogP contribution in [0.1, 0.15) is 30.5 Å². The van der Waals surface area contributed by atoms with Crippen molar-refractivity contribution in [2.75, 3.05) is 14.2 Å². The normalized spacial score (nSPS) is 11.3. The van der Waals surface area contributed by atoms with Crippen molar-refractivity contribution in [2.24, 2.45) is 0 Å². The number of hydrogen-bond donors (Lipinski definition) is 1. The zero-order chi connectivity index (χ0) is 14.8. The van der Waals surface area contributed by atoms with E-state index in [1.807, 2.05) is 26.0 Å². The third-order valence-electron chi connectivity index (χ3n) is 3.01. The molecule has 0 heterocycles. The van der Waals surface area contributed by atoms with E-state index in [0.717, 1.165) is 22.4 Å². The zero-order valence-electron chi connectivity index (χ0n) is 12.6. The van der Waals surface area contributed by atoms with Crippen molar-refractivity contribution in [3.05, 3.63) is 28.8 Å². The Balaban J connectivity index is 2.92. The fourth-order valence-electron chi connectivity index (χ4n) is 2.27. The van der Waals surface area contributed by atoms with E-state index in [1.165, 1.54) is 18.7 Å². The van der Waals surface area contributed by atoms with Crippen LogP contribution in [0.3, 0.4) is 0 Å². The molecule has 1 rings (SSSR count). The molecule has 1 amide bonds. The molecule has 0 spiro atoms. The molecule has 0 bridgehead atoms. The first-order valence-electron chi connectivity index (χ1n) is 6.29. The Labute approximate surface area is 115 Å². The number of aryl methyl sites for hydroxylation is 2. The van der Waals surface area contributed by atoms with Crippen molar-refractivity contribution in [3.63, 3.8) is 0 Å². The summed E-state index contributed by atoms with van der Waals surface area (Å²) in [4.78, 5) is 13.4. The van der Waals surface area contributed by atoms with Gasteiger partial charge < -0.3 is 14.7 Å². The summed E-state index contributed by atoms with van der Waals surface area (Å²) in [5.74, 6) is 0.582. The molecule has 19 heavy (non-hydrogen) atoms. The first kappa shape index (κ1) is 15.5. The van der Waals surface area contributed by atoms with E-state index in [9.17, 15) is 9.90 Å². The van der Waals surface area contributed by atoms with E-state index in [1.54, 1.807) is 14.2 Å². The fraction of sp³-hybridized carbons (Fsp3) is 0.533. The van der Waals surface area contributed by atoms with Gasteiger partial charge in [-0.2, -0.15) is 0 Å². The summed E-state index contributed by atoms with van der Waals surface area (Å²) in [7, 11) is 3.34. The summed E-state index contributed by atoms with van der Waals surface area (Å²) in [5.41, 5.74) is 1.77. The largest absolute Gasteiger partial charge is 0.496 e. The van der Waals surface area contributed by atoms with E-state index < -0.39 is 5.60 Å². The summed E-state index contributed by atoms with van der Waals surface area (Å²) >= 11 is 0. The average molecular weight is 265 g/mol. The third-order valence-corrected chi connectivity index (χ3v) is 3.01. The second-order valence-electron chi connectivity index (χ2n) is 5.48. The molecular weight excluding hydrogens is 242 g/mol. The van der Waals surface area contributed by atoms with Gasteiger partial charge in [0, 0.05) is 13.6 Å². The minimum atomic E-state index is -1.34. The van der Waals surface area contributed by atoms with Crippen LogP contribution in [0.15, 0.2) is 12.1 Å². The molecule has 4 nitrogen and oxygen atoms in total. The van der Waals surface area contributed by atoms with E-state index in [2.05, 4.69) is 0 Å². The second-order valence-corrected chi connectivity index (χ2v) is 5.48. The van der Waals surface area contributed by atoms with E-state index in [0.29, 0.717) is 6.54 Å². The third kappa shape index (κ3) is 3.70. The van der Waals surface area contributed by atoms with Crippen molar-refractivity contribution in [3.8, 4) is 5.75 Å². The maximum absolute atomic E-state index is 11.9. The smallest absolute Gasteiger partial charge is 0.253 e. The number of ether oxygens (including phenoxy) is 1. The molecule has 0 aliphatic rings. The number of methoxy groups -OCH3 is 1. The number of benzene rings is 1. The minimum absolute atomic E-state index is 0.293. The Kier molecular flexibility index (Phi) is 4.58. The first-order valence-corrected chi connectivity index (χ1v) is 6.29. The lowest BCUT2D eigenvalue weighted by molar-refractivity contribution is -0.146. The van der Waals surface area contributed by atoms with Gasteiger partial charge in [-0.05, 0) is 44.4 Å². The Morgan fingerprint density at radius 2 is 1.79 bits per heavy atom. The first-order chi connectivity index (χ1) is 8.66. The van der Waals surface area contributed by atoms with Crippen LogP contribution in [0.5, 0.6) is 5.75 Å². The van der Waals surface area contributed by atoms with Gasteiger partial charge in [-0.3, -0.25) is 4.79 Å². The summed E-state index contributed by atoms with van der Waals surface area (Å²) in [5, 5.41) is 9.71. The standard InChI is InChI=1S/C15H23NO3/c1-10-7-12(8-11(2)13(10)19-6)9-16(5)14(17)15(3,4)18/h7-8,18H,9H2,1-6H3. The number of carbonyl (C=O) groups excluding carboxylic acids is 1. The van der Waals surface area contributed by atoms with E-state index in [4.69, 9.17) is 4.74 Å². The number of rotatable bonds is 4. The van der Waals surface area contributed by atoms with Gasteiger partial charge in [0.1, 0.15) is 11.4 Å². The molecule has 0 aliphatic heterocycles. The molecule has 1 aromatic carbocycles. The molecule has 106 valence electrons. The Morgan fingerprint density at radius 1 is 1.32 bits per heavy atom. The Morgan fingerprint density at radius 3 is 2.16 bits per heavy atom. The predicted molar refractivity (Wildman–Crippen MR) is 75.2 cm³/mol. The maximum Gasteiger partial charge on any atom is 0.253 e. The Bertz CT molecular complexity index is 452. The summed E-state index contributed by atoms with van der Waals surface area (Å²) in [6.45, 7) is 7.42. The molecule has 4 heteroatoms. The van der Waals surface area contributed by atoms with Crippen LogP contribution in [-0.4, -0.2) is 35.7 Å². The van der Waals surface area contributed by atoms with Crippen molar-refractivity contribution < 1.29 is 14.6 Å². The van der Waals surface area contributed by atoms with Gasteiger partial charge in [-0.15, -0.1) is 0 Å². The summed E-state index contributed by atoms with van der Waals surface area (Å²) < 4.78 is 5.32. The molecule has 1 N–H and O–H groups in total. The predicted octanol–water partition coefficient (Wildman–Crippen LogP) is 2.04. The van der Waals surface area contributed by atoms with Gasteiger partial charge in [0.2, 0.25) is 0 Å². The number of hydrogen-bond acceptors (Lipinski definition) is 3. The number of likely N-dealkylation sites (N-methyl/N-ethyl adjacent to an activating group) is 1. The maximum atomic E-state index is 11.9. The zero-order valence-corrected chi connectivity index (χ0v) is 12.6.